The van der Waals surface area contributed by atoms with E-state index in [-0.39, 0.29) is 0 Å². The van der Waals surface area contributed by atoms with Gasteiger partial charge in [-0.2, -0.15) is 0 Å². The van der Waals surface area contributed by atoms with Gasteiger partial charge >= 0.3 is 0 Å². The third kappa shape index (κ3) is 1.63. The summed E-state index contributed by atoms with van der Waals surface area (Å²) in [5.74, 6) is 1.12. The van der Waals surface area contributed by atoms with Crippen molar-refractivity contribution in [1.82, 2.24) is 9.59 Å². The Morgan fingerprint density at radius 2 is 2.53 bits per heavy atom. The lowest BCUT2D eigenvalue weighted by Gasteiger charge is -2.22. The normalized spacial score (nSPS) is 19.9. The maximum Gasteiger partial charge on any atom is 0.130 e. The van der Waals surface area contributed by atoms with Gasteiger partial charge in [0, 0.05) is 23.5 Å². The molecule has 0 bridgehead atoms. The van der Waals surface area contributed by atoms with Crippen LogP contribution in [0.1, 0.15) is 30.2 Å². The van der Waals surface area contributed by atoms with Crippen LogP contribution >= 0.6 is 11.5 Å². The molecule has 0 saturated carbocycles. The maximum absolute atomic E-state index is 5.44. The molecule has 0 aliphatic heterocycles. The van der Waals surface area contributed by atoms with Gasteiger partial charge < -0.3 is 9.73 Å². The molecular weight excluding hydrogens is 210 g/mol. The zero-order valence-electron chi connectivity index (χ0n) is 8.14. The average Bonchev–Trinajstić information content (AvgIpc) is 2.87. The fraction of sp³-hybridized carbons (Fsp3) is 0.400. The summed E-state index contributed by atoms with van der Waals surface area (Å²) in [7, 11) is 0. The highest BCUT2D eigenvalue weighted by atomic mass is 32.1. The molecule has 1 N–H and O–H groups in total. The van der Waals surface area contributed by atoms with E-state index in [0.717, 1.165) is 23.6 Å². The summed E-state index contributed by atoms with van der Waals surface area (Å²) in [5.41, 5.74) is 1.29. The van der Waals surface area contributed by atoms with Gasteiger partial charge in [-0.1, -0.05) is 4.49 Å². The van der Waals surface area contributed by atoms with Gasteiger partial charge in [-0.3, -0.25) is 0 Å². The molecule has 15 heavy (non-hydrogen) atoms. The largest absolute Gasteiger partial charge is 0.469 e. The van der Waals surface area contributed by atoms with Crippen molar-refractivity contribution in [1.29, 1.82) is 0 Å². The minimum atomic E-state index is 0.356. The summed E-state index contributed by atoms with van der Waals surface area (Å²) in [5, 5.41) is 8.27. The first kappa shape index (κ1) is 8.91. The van der Waals surface area contributed by atoms with E-state index in [4.69, 9.17) is 4.42 Å². The molecule has 0 fully saturated rings. The molecule has 78 valence electrons. The average molecular weight is 221 g/mol. The van der Waals surface area contributed by atoms with Gasteiger partial charge in [0.2, 0.25) is 0 Å². The van der Waals surface area contributed by atoms with Crippen molar-refractivity contribution < 1.29 is 4.42 Å². The highest BCUT2D eigenvalue weighted by Crippen LogP contribution is 2.33. The highest BCUT2D eigenvalue weighted by molar-refractivity contribution is 7.09. The van der Waals surface area contributed by atoms with E-state index < -0.39 is 0 Å². The standard InChI is InChI=1S/C10H11N3OS/c1-2-8(12-10-6-11-13-15-10)7-4-5-14-9(7)3-1/h4-6,8,12H,1-3H2. The molecule has 0 spiro atoms. The van der Waals surface area contributed by atoms with Crippen LogP contribution in [0.2, 0.25) is 0 Å². The summed E-state index contributed by atoms with van der Waals surface area (Å²) in [6.45, 7) is 0. The Morgan fingerprint density at radius 1 is 1.53 bits per heavy atom. The maximum atomic E-state index is 5.44. The molecule has 2 heterocycles. The Balaban J connectivity index is 1.84. The SMILES string of the molecule is c1cc2c(o1)CCCC2Nc1cnns1. The molecule has 1 aliphatic carbocycles. The second-order valence-corrected chi connectivity index (χ2v) is 4.46. The second-order valence-electron chi connectivity index (χ2n) is 3.67. The molecular formula is C10H11N3OS. The number of aryl methyl sites for hydroxylation is 1. The van der Waals surface area contributed by atoms with Crippen LogP contribution in [0.4, 0.5) is 5.00 Å². The zero-order valence-corrected chi connectivity index (χ0v) is 8.96. The number of furan rings is 1. The van der Waals surface area contributed by atoms with Gasteiger partial charge in [0.1, 0.15) is 10.8 Å². The predicted molar refractivity (Wildman–Crippen MR) is 57.9 cm³/mol. The lowest BCUT2D eigenvalue weighted by molar-refractivity contribution is 0.461. The van der Waals surface area contributed by atoms with E-state index in [1.54, 1.807) is 12.5 Å². The minimum Gasteiger partial charge on any atom is -0.469 e. The first-order chi connectivity index (χ1) is 7.43. The Kier molecular flexibility index (Phi) is 2.17. The molecule has 5 heteroatoms. The van der Waals surface area contributed by atoms with Crippen LogP contribution < -0.4 is 5.32 Å². The monoisotopic (exact) mass is 221 g/mol. The molecule has 2 aromatic heterocycles. The topological polar surface area (TPSA) is 51.0 Å². The Bertz CT molecular complexity index is 437. The molecule has 1 atom stereocenters. The van der Waals surface area contributed by atoms with Crippen molar-refractivity contribution in [3.05, 3.63) is 29.9 Å². The third-order valence-electron chi connectivity index (χ3n) is 2.73. The first-order valence-electron chi connectivity index (χ1n) is 5.03. The molecule has 1 aliphatic rings. The van der Waals surface area contributed by atoms with Gasteiger partial charge in [0.25, 0.3) is 0 Å². The van der Waals surface area contributed by atoms with Crippen LogP contribution in [-0.4, -0.2) is 9.59 Å². The number of hydrogen-bond acceptors (Lipinski definition) is 5. The molecule has 0 radical (unpaired) electrons. The van der Waals surface area contributed by atoms with Gasteiger partial charge in [0.05, 0.1) is 18.5 Å². The number of hydrogen-bond donors (Lipinski definition) is 1. The van der Waals surface area contributed by atoms with E-state index in [0.29, 0.717) is 6.04 Å². The van der Waals surface area contributed by atoms with Crippen LogP contribution in [0, 0.1) is 0 Å². The number of rotatable bonds is 2. The van der Waals surface area contributed by atoms with Crippen molar-refractivity contribution >= 4 is 16.5 Å². The number of nitrogens with zero attached hydrogens (tertiary/aromatic N) is 2. The number of anilines is 1. The fourth-order valence-electron chi connectivity index (χ4n) is 2.04. The van der Waals surface area contributed by atoms with Gasteiger partial charge in [-0.25, -0.2) is 0 Å². The van der Waals surface area contributed by atoms with Crippen LogP contribution in [0.5, 0.6) is 0 Å². The van der Waals surface area contributed by atoms with Crippen LogP contribution in [-0.2, 0) is 6.42 Å². The zero-order chi connectivity index (χ0) is 10.1. The first-order valence-corrected chi connectivity index (χ1v) is 5.81. The van der Waals surface area contributed by atoms with Gasteiger partial charge in [0.15, 0.2) is 0 Å². The highest BCUT2D eigenvalue weighted by Gasteiger charge is 2.22. The summed E-state index contributed by atoms with van der Waals surface area (Å²) in [6.07, 6.45) is 6.91. The molecule has 3 rings (SSSR count). The van der Waals surface area contributed by atoms with E-state index in [1.807, 2.05) is 0 Å². The van der Waals surface area contributed by atoms with Crippen molar-refractivity contribution in [2.24, 2.45) is 0 Å². The molecule has 2 aromatic rings. The Hall–Kier alpha value is -1.36. The number of aromatic nitrogens is 2. The minimum absolute atomic E-state index is 0.356. The molecule has 0 aromatic carbocycles. The van der Waals surface area contributed by atoms with E-state index in [9.17, 15) is 0 Å². The third-order valence-corrected chi connectivity index (χ3v) is 3.33. The van der Waals surface area contributed by atoms with Gasteiger partial charge in [-0.15, -0.1) is 5.10 Å². The molecule has 0 amide bonds. The van der Waals surface area contributed by atoms with Crippen LogP contribution in [0.3, 0.4) is 0 Å². The molecule has 4 nitrogen and oxygen atoms in total. The van der Waals surface area contributed by atoms with Crippen molar-refractivity contribution in [3.63, 3.8) is 0 Å². The van der Waals surface area contributed by atoms with Crippen molar-refractivity contribution in [3.8, 4) is 0 Å². The summed E-state index contributed by atoms with van der Waals surface area (Å²) < 4.78 is 9.27. The summed E-state index contributed by atoms with van der Waals surface area (Å²) in [4.78, 5) is 0. The van der Waals surface area contributed by atoms with Gasteiger partial charge in [-0.05, 0) is 18.9 Å². The second kappa shape index (κ2) is 3.66. The Labute approximate surface area is 91.5 Å². The van der Waals surface area contributed by atoms with E-state index in [1.165, 1.54) is 23.5 Å². The fourth-order valence-corrected chi connectivity index (χ4v) is 2.51. The van der Waals surface area contributed by atoms with Crippen molar-refractivity contribution in [2.75, 3.05) is 5.32 Å². The van der Waals surface area contributed by atoms with Crippen LogP contribution in [0.25, 0.3) is 0 Å². The number of fused-ring (bicyclic) bond motifs is 1. The quantitative estimate of drug-likeness (QED) is 0.847. The summed E-state index contributed by atoms with van der Waals surface area (Å²) >= 11 is 1.39. The van der Waals surface area contributed by atoms with Crippen molar-refractivity contribution in [2.45, 2.75) is 25.3 Å². The van der Waals surface area contributed by atoms with E-state index in [2.05, 4.69) is 21.0 Å². The molecule has 0 saturated heterocycles. The van der Waals surface area contributed by atoms with Crippen LogP contribution in [0.15, 0.2) is 22.9 Å². The smallest absolute Gasteiger partial charge is 0.130 e. The lowest BCUT2D eigenvalue weighted by Crippen LogP contribution is -2.15. The number of nitrogens with one attached hydrogen (secondary N) is 1. The Morgan fingerprint density at radius 3 is 3.40 bits per heavy atom. The molecule has 1 unspecified atom stereocenters. The predicted octanol–water partition coefficient (Wildman–Crippen LogP) is 2.62. The van der Waals surface area contributed by atoms with E-state index >= 15 is 0 Å². The lowest BCUT2D eigenvalue weighted by atomic mass is 9.93. The summed E-state index contributed by atoms with van der Waals surface area (Å²) in [6, 6.07) is 2.41.